The second kappa shape index (κ2) is 7.28. The Morgan fingerprint density at radius 3 is 2.88 bits per heavy atom. The summed E-state index contributed by atoms with van der Waals surface area (Å²) in [7, 11) is 1.37. The van der Waals surface area contributed by atoms with Crippen LogP contribution in [0.25, 0.3) is 0 Å². The fourth-order valence-corrected chi connectivity index (χ4v) is 2.19. The van der Waals surface area contributed by atoms with Gasteiger partial charge in [0.25, 0.3) is 0 Å². The monoisotopic (exact) mass is 239 g/mol. The summed E-state index contributed by atoms with van der Waals surface area (Å²) in [4.78, 5) is 15.4. The van der Waals surface area contributed by atoms with Gasteiger partial charge in [0.15, 0.2) is 0 Å². The normalized spacial score (nSPS) is 10.1. The summed E-state index contributed by atoms with van der Waals surface area (Å²) >= 11 is 1.87. The molecule has 0 amide bonds. The van der Waals surface area contributed by atoms with E-state index in [0.717, 1.165) is 17.2 Å². The van der Waals surface area contributed by atoms with Crippen molar-refractivity contribution in [3.63, 3.8) is 0 Å². The molecule has 1 aromatic heterocycles. The van der Waals surface area contributed by atoms with Gasteiger partial charge in [0.1, 0.15) is 0 Å². The molecule has 1 heterocycles. The van der Waals surface area contributed by atoms with Gasteiger partial charge in [-0.15, -0.1) is 0 Å². The number of ether oxygens (including phenoxy) is 1. The van der Waals surface area contributed by atoms with E-state index in [4.69, 9.17) is 0 Å². The third kappa shape index (κ3) is 4.23. The largest absolute Gasteiger partial charge is 0.465 e. The van der Waals surface area contributed by atoms with E-state index in [9.17, 15) is 4.79 Å². The van der Waals surface area contributed by atoms with Crippen LogP contribution in [0.1, 0.15) is 35.8 Å². The van der Waals surface area contributed by atoms with E-state index in [0.29, 0.717) is 5.56 Å². The second-order valence-electron chi connectivity index (χ2n) is 3.44. The molecule has 0 aromatic carbocycles. The van der Waals surface area contributed by atoms with Crippen molar-refractivity contribution in [2.45, 2.75) is 25.5 Å². The zero-order valence-electron chi connectivity index (χ0n) is 9.73. The quantitative estimate of drug-likeness (QED) is 0.565. The molecule has 0 unspecified atom stereocenters. The summed E-state index contributed by atoms with van der Waals surface area (Å²) in [6.45, 7) is 2.18. The Labute approximate surface area is 101 Å². The Bertz CT molecular complexity index is 324. The Kier molecular flexibility index (Phi) is 5.93. The van der Waals surface area contributed by atoms with Crippen LogP contribution in [-0.2, 0) is 10.5 Å². The van der Waals surface area contributed by atoms with E-state index >= 15 is 0 Å². The molecule has 0 spiro atoms. The van der Waals surface area contributed by atoms with Gasteiger partial charge in [0.05, 0.1) is 18.4 Å². The number of esters is 1. The maximum Gasteiger partial charge on any atom is 0.339 e. The van der Waals surface area contributed by atoms with Crippen molar-refractivity contribution >= 4 is 17.7 Å². The first-order chi connectivity index (χ1) is 7.77. The first-order valence-electron chi connectivity index (χ1n) is 5.39. The lowest BCUT2D eigenvalue weighted by atomic mass is 10.2. The number of methoxy groups -OCH3 is 1. The van der Waals surface area contributed by atoms with Crippen LogP contribution in [0, 0.1) is 0 Å². The molecule has 0 aliphatic rings. The van der Waals surface area contributed by atoms with E-state index in [1.165, 1.54) is 20.0 Å². The van der Waals surface area contributed by atoms with Crippen molar-refractivity contribution < 1.29 is 9.53 Å². The third-order valence-corrected chi connectivity index (χ3v) is 3.22. The minimum absolute atomic E-state index is 0.335. The van der Waals surface area contributed by atoms with Gasteiger partial charge in [-0.05, 0) is 24.3 Å². The predicted octanol–water partition coefficient (Wildman–Crippen LogP) is 2.90. The number of nitrogens with zero attached hydrogens (tertiary/aromatic N) is 1. The van der Waals surface area contributed by atoms with Crippen molar-refractivity contribution in [2.24, 2.45) is 0 Å². The number of unbranched alkanes of at least 4 members (excludes halogenated alkanes) is 1. The Hall–Kier alpha value is -1.03. The van der Waals surface area contributed by atoms with E-state index < -0.39 is 0 Å². The highest BCUT2D eigenvalue weighted by Gasteiger charge is 2.04. The van der Waals surface area contributed by atoms with Crippen LogP contribution in [0.15, 0.2) is 18.3 Å². The number of aromatic nitrogens is 1. The van der Waals surface area contributed by atoms with Crippen molar-refractivity contribution in [3.8, 4) is 0 Å². The maximum absolute atomic E-state index is 11.2. The maximum atomic E-state index is 11.2. The highest BCUT2D eigenvalue weighted by molar-refractivity contribution is 7.98. The van der Waals surface area contributed by atoms with Crippen LogP contribution in [-0.4, -0.2) is 23.8 Å². The number of thioether (sulfide) groups is 1. The van der Waals surface area contributed by atoms with Crippen LogP contribution in [0.3, 0.4) is 0 Å². The zero-order valence-corrected chi connectivity index (χ0v) is 10.5. The topological polar surface area (TPSA) is 39.2 Å². The van der Waals surface area contributed by atoms with Crippen LogP contribution < -0.4 is 0 Å². The molecule has 0 saturated carbocycles. The summed E-state index contributed by atoms with van der Waals surface area (Å²) in [6, 6.07) is 3.64. The molecular formula is C12H17NO2S. The molecule has 0 aliphatic carbocycles. The van der Waals surface area contributed by atoms with Crippen molar-refractivity contribution in [2.75, 3.05) is 12.9 Å². The summed E-state index contributed by atoms with van der Waals surface area (Å²) in [5.41, 5.74) is 1.51. The molecule has 1 rings (SSSR count). The predicted molar refractivity (Wildman–Crippen MR) is 66.6 cm³/mol. The Morgan fingerprint density at radius 1 is 1.50 bits per heavy atom. The molecule has 1 aromatic rings. The fraction of sp³-hybridized carbons (Fsp3) is 0.500. The first-order valence-corrected chi connectivity index (χ1v) is 6.54. The molecule has 0 aliphatic heterocycles. The van der Waals surface area contributed by atoms with E-state index in [1.807, 2.05) is 17.8 Å². The van der Waals surface area contributed by atoms with Crippen LogP contribution in [0.5, 0.6) is 0 Å². The van der Waals surface area contributed by atoms with Crippen LogP contribution in [0.2, 0.25) is 0 Å². The molecule has 4 heteroatoms. The van der Waals surface area contributed by atoms with Gasteiger partial charge in [-0.3, -0.25) is 4.98 Å². The van der Waals surface area contributed by atoms with E-state index in [2.05, 4.69) is 16.6 Å². The fourth-order valence-electron chi connectivity index (χ4n) is 1.17. The third-order valence-electron chi connectivity index (χ3n) is 2.14. The molecule has 0 fully saturated rings. The van der Waals surface area contributed by atoms with Gasteiger partial charge in [0, 0.05) is 11.9 Å². The van der Waals surface area contributed by atoms with Crippen LogP contribution >= 0.6 is 11.8 Å². The lowest BCUT2D eigenvalue weighted by Gasteiger charge is -2.02. The van der Waals surface area contributed by atoms with Gasteiger partial charge in [-0.1, -0.05) is 13.3 Å². The highest BCUT2D eigenvalue weighted by atomic mass is 32.2. The van der Waals surface area contributed by atoms with Crippen LogP contribution in [0.4, 0.5) is 0 Å². The minimum atomic E-state index is -0.335. The average Bonchev–Trinajstić information content (AvgIpc) is 2.34. The molecule has 0 bridgehead atoms. The molecular weight excluding hydrogens is 222 g/mol. The smallest absolute Gasteiger partial charge is 0.339 e. The standard InChI is InChI=1S/C12H17NO2S/c1-3-4-7-16-9-11-6-5-10(8-13-11)12(14)15-2/h5-6,8H,3-4,7,9H2,1-2H3. The highest BCUT2D eigenvalue weighted by Crippen LogP contribution is 2.12. The first kappa shape index (κ1) is 13.0. The number of carbonyl (C=O) groups is 1. The van der Waals surface area contributed by atoms with Gasteiger partial charge in [0.2, 0.25) is 0 Å². The number of hydrogen-bond acceptors (Lipinski definition) is 4. The van der Waals surface area contributed by atoms with Crippen molar-refractivity contribution in [1.29, 1.82) is 0 Å². The van der Waals surface area contributed by atoms with E-state index in [-0.39, 0.29) is 5.97 Å². The molecule has 0 saturated heterocycles. The summed E-state index contributed by atoms with van der Waals surface area (Å²) in [6.07, 6.45) is 4.04. The van der Waals surface area contributed by atoms with Gasteiger partial charge >= 0.3 is 5.97 Å². The Balaban J connectivity index is 2.42. The van der Waals surface area contributed by atoms with Gasteiger partial charge < -0.3 is 4.74 Å². The molecule has 0 radical (unpaired) electrons. The second-order valence-corrected chi connectivity index (χ2v) is 4.54. The SMILES string of the molecule is CCCCSCc1ccc(C(=O)OC)cn1. The lowest BCUT2D eigenvalue weighted by molar-refractivity contribution is 0.0600. The number of hydrogen-bond donors (Lipinski definition) is 0. The lowest BCUT2D eigenvalue weighted by Crippen LogP contribution is -2.02. The number of rotatable bonds is 6. The summed E-state index contributed by atoms with van der Waals surface area (Å²) in [5, 5.41) is 0. The minimum Gasteiger partial charge on any atom is -0.465 e. The number of carbonyl (C=O) groups excluding carboxylic acids is 1. The average molecular weight is 239 g/mol. The number of pyridine rings is 1. The van der Waals surface area contributed by atoms with E-state index in [1.54, 1.807) is 12.3 Å². The Morgan fingerprint density at radius 2 is 2.31 bits per heavy atom. The van der Waals surface area contributed by atoms with Crippen molar-refractivity contribution in [3.05, 3.63) is 29.6 Å². The molecule has 3 nitrogen and oxygen atoms in total. The van der Waals surface area contributed by atoms with Crippen molar-refractivity contribution in [1.82, 2.24) is 4.98 Å². The van der Waals surface area contributed by atoms with Gasteiger partial charge in [-0.25, -0.2) is 4.79 Å². The molecule has 16 heavy (non-hydrogen) atoms. The molecule has 88 valence electrons. The van der Waals surface area contributed by atoms with Gasteiger partial charge in [-0.2, -0.15) is 11.8 Å². The zero-order chi connectivity index (χ0) is 11.8. The summed E-state index contributed by atoms with van der Waals surface area (Å²) < 4.78 is 4.61. The molecule has 0 atom stereocenters. The molecule has 0 N–H and O–H groups in total. The summed E-state index contributed by atoms with van der Waals surface area (Å²) in [5.74, 6) is 1.73.